The normalized spacial score (nSPS) is 15.9. The highest BCUT2D eigenvalue weighted by Crippen LogP contribution is 2.22. The molecule has 0 spiro atoms. The van der Waals surface area contributed by atoms with Crippen LogP contribution in [0.3, 0.4) is 0 Å². The van der Waals surface area contributed by atoms with Gasteiger partial charge in [-0.15, -0.1) is 0 Å². The summed E-state index contributed by atoms with van der Waals surface area (Å²) in [7, 11) is 1.67. The molecule has 0 unspecified atom stereocenters. The third-order valence-electron chi connectivity index (χ3n) is 2.75. The maximum Gasteiger partial charge on any atom is 0.430 e. The van der Waals surface area contributed by atoms with Gasteiger partial charge in [-0.3, -0.25) is 5.41 Å². The molecule has 98 valence electrons. The van der Waals surface area contributed by atoms with Crippen molar-refractivity contribution in [1.82, 2.24) is 14.9 Å². The number of nitrogens with one attached hydrogen (secondary N) is 2. The van der Waals surface area contributed by atoms with Crippen molar-refractivity contribution in [1.29, 1.82) is 5.41 Å². The predicted octanol–water partition coefficient (Wildman–Crippen LogP) is 0.796. The lowest BCUT2D eigenvalue weighted by atomic mass is 10.2. The predicted molar refractivity (Wildman–Crippen MR) is 58.9 cm³/mol. The van der Waals surface area contributed by atoms with Gasteiger partial charge in [-0.2, -0.15) is 13.2 Å². The van der Waals surface area contributed by atoms with Gasteiger partial charge in [-0.25, -0.2) is 4.98 Å². The van der Waals surface area contributed by atoms with Crippen LogP contribution in [-0.2, 0) is 20.1 Å². The zero-order valence-electron chi connectivity index (χ0n) is 9.60. The minimum Gasteiger partial charge on any atom is -0.395 e. The van der Waals surface area contributed by atoms with Crippen molar-refractivity contribution in [2.45, 2.75) is 19.3 Å². The van der Waals surface area contributed by atoms with Gasteiger partial charge >= 0.3 is 6.18 Å². The molecule has 8 heteroatoms. The van der Waals surface area contributed by atoms with E-state index in [2.05, 4.69) is 10.3 Å². The summed E-state index contributed by atoms with van der Waals surface area (Å²) in [6.45, 7) is 1.17. The Kier molecular flexibility index (Phi) is 2.89. The largest absolute Gasteiger partial charge is 0.430 e. The van der Waals surface area contributed by atoms with Gasteiger partial charge in [0.05, 0.1) is 17.1 Å². The summed E-state index contributed by atoms with van der Waals surface area (Å²) >= 11 is 0. The number of hydrogen-bond acceptors (Lipinski definition) is 4. The first-order chi connectivity index (χ1) is 8.30. The van der Waals surface area contributed by atoms with Crippen LogP contribution in [-0.4, -0.2) is 21.4 Å². The Morgan fingerprint density at radius 1 is 1.50 bits per heavy atom. The van der Waals surface area contributed by atoms with E-state index in [1.807, 2.05) is 0 Å². The maximum atomic E-state index is 12.3. The lowest BCUT2D eigenvalue weighted by Gasteiger charge is -2.07. The van der Waals surface area contributed by atoms with E-state index >= 15 is 0 Å². The SMILES string of the molecule is Cn1c(C(=N)/C=C(\N)C(F)(F)F)nc2c1CNC2. The number of nitrogens with two attached hydrogens (primary N) is 1. The van der Waals surface area contributed by atoms with Gasteiger partial charge in [-0.1, -0.05) is 0 Å². The molecular formula is C10H12F3N5. The van der Waals surface area contributed by atoms with Crippen LogP contribution in [0.1, 0.15) is 17.2 Å². The molecule has 0 aromatic carbocycles. The van der Waals surface area contributed by atoms with Crippen LogP contribution in [0.25, 0.3) is 0 Å². The van der Waals surface area contributed by atoms with Gasteiger partial charge in [0.25, 0.3) is 0 Å². The number of imidazole rings is 1. The topological polar surface area (TPSA) is 79.7 Å². The summed E-state index contributed by atoms with van der Waals surface area (Å²) in [5, 5.41) is 10.7. The summed E-state index contributed by atoms with van der Waals surface area (Å²) in [5.41, 5.74) is 4.88. The molecule has 0 aliphatic carbocycles. The number of halogens is 3. The summed E-state index contributed by atoms with van der Waals surface area (Å²) in [4.78, 5) is 4.13. The van der Waals surface area contributed by atoms with Crippen LogP contribution in [0.4, 0.5) is 13.2 Å². The third-order valence-corrected chi connectivity index (χ3v) is 2.75. The monoisotopic (exact) mass is 259 g/mol. The molecule has 0 atom stereocenters. The highest BCUT2D eigenvalue weighted by molar-refractivity contribution is 6.04. The zero-order chi connectivity index (χ0) is 13.5. The standard InChI is InChI=1S/C10H12F3N5/c1-18-7-4-16-3-6(7)17-9(18)5(14)2-8(15)10(11,12)13/h2,14,16H,3-4,15H2,1H3/b8-2-,14-5?. The fraction of sp³-hybridized carbons (Fsp3) is 0.400. The lowest BCUT2D eigenvalue weighted by molar-refractivity contribution is -0.0925. The Labute approximate surface area is 101 Å². The van der Waals surface area contributed by atoms with E-state index in [1.165, 1.54) is 0 Å². The Balaban J connectivity index is 2.31. The smallest absolute Gasteiger partial charge is 0.395 e. The van der Waals surface area contributed by atoms with Crippen molar-refractivity contribution < 1.29 is 13.2 Å². The van der Waals surface area contributed by atoms with Gasteiger partial charge in [-0.05, 0) is 6.08 Å². The first-order valence-electron chi connectivity index (χ1n) is 5.19. The molecule has 18 heavy (non-hydrogen) atoms. The fourth-order valence-electron chi connectivity index (χ4n) is 1.79. The Bertz CT molecular complexity index is 526. The lowest BCUT2D eigenvalue weighted by Crippen LogP contribution is -2.21. The Morgan fingerprint density at radius 2 is 2.17 bits per heavy atom. The summed E-state index contributed by atoms with van der Waals surface area (Å²) in [5.74, 6) is 0.189. The molecule has 1 aromatic rings. The van der Waals surface area contributed by atoms with Crippen molar-refractivity contribution in [3.8, 4) is 0 Å². The minimum absolute atomic E-state index is 0.189. The van der Waals surface area contributed by atoms with E-state index in [4.69, 9.17) is 11.1 Å². The van der Waals surface area contributed by atoms with Crippen LogP contribution in [0, 0.1) is 5.41 Å². The first-order valence-corrected chi connectivity index (χ1v) is 5.19. The average molecular weight is 259 g/mol. The van der Waals surface area contributed by atoms with E-state index in [0.29, 0.717) is 19.2 Å². The Hall–Kier alpha value is -1.83. The van der Waals surface area contributed by atoms with E-state index < -0.39 is 11.9 Å². The number of nitrogens with zero attached hydrogens (tertiary/aromatic N) is 2. The third kappa shape index (κ3) is 2.10. The van der Waals surface area contributed by atoms with Crippen molar-refractivity contribution in [3.05, 3.63) is 29.0 Å². The quantitative estimate of drug-likeness (QED) is 0.687. The average Bonchev–Trinajstić information content (AvgIpc) is 2.80. The molecule has 4 N–H and O–H groups in total. The van der Waals surface area contributed by atoms with Gasteiger partial charge in [0.2, 0.25) is 0 Å². The summed E-state index contributed by atoms with van der Waals surface area (Å²) < 4.78 is 38.4. The van der Waals surface area contributed by atoms with E-state index in [9.17, 15) is 13.2 Å². The molecule has 0 amide bonds. The highest BCUT2D eigenvalue weighted by Gasteiger charge is 2.32. The van der Waals surface area contributed by atoms with E-state index in [0.717, 1.165) is 11.4 Å². The van der Waals surface area contributed by atoms with Gasteiger partial charge in [0.1, 0.15) is 5.70 Å². The molecule has 0 radical (unpaired) electrons. The van der Waals surface area contributed by atoms with Gasteiger partial charge < -0.3 is 15.6 Å². The van der Waals surface area contributed by atoms with E-state index in [-0.39, 0.29) is 11.5 Å². The first kappa shape index (κ1) is 12.6. The van der Waals surface area contributed by atoms with Gasteiger partial charge in [0, 0.05) is 20.1 Å². The highest BCUT2D eigenvalue weighted by atomic mass is 19.4. The van der Waals surface area contributed by atoms with Crippen LogP contribution in [0.2, 0.25) is 0 Å². The number of rotatable bonds is 2. The number of aromatic nitrogens is 2. The molecular weight excluding hydrogens is 247 g/mol. The molecule has 0 saturated carbocycles. The molecule has 1 aromatic heterocycles. The van der Waals surface area contributed by atoms with Crippen molar-refractivity contribution in [2.24, 2.45) is 12.8 Å². The van der Waals surface area contributed by atoms with Gasteiger partial charge in [0.15, 0.2) is 5.82 Å². The number of allylic oxidation sites excluding steroid dienone is 2. The van der Waals surface area contributed by atoms with Crippen LogP contribution >= 0.6 is 0 Å². The molecule has 1 aliphatic heterocycles. The van der Waals surface area contributed by atoms with Crippen molar-refractivity contribution in [2.75, 3.05) is 0 Å². The Morgan fingerprint density at radius 3 is 2.72 bits per heavy atom. The molecule has 0 bridgehead atoms. The second kappa shape index (κ2) is 4.13. The van der Waals surface area contributed by atoms with Crippen molar-refractivity contribution in [3.63, 3.8) is 0 Å². The summed E-state index contributed by atoms with van der Waals surface area (Å²) in [6, 6.07) is 0. The molecule has 2 heterocycles. The van der Waals surface area contributed by atoms with Crippen LogP contribution in [0.15, 0.2) is 11.8 Å². The number of fused-ring (bicyclic) bond motifs is 1. The zero-order valence-corrected chi connectivity index (χ0v) is 9.60. The molecule has 2 rings (SSSR count). The summed E-state index contributed by atoms with van der Waals surface area (Å²) in [6.07, 6.45) is -4.04. The second-order valence-corrected chi connectivity index (χ2v) is 4.00. The van der Waals surface area contributed by atoms with Crippen molar-refractivity contribution >= 4 is 5.71 Å². The molecule has 0 saturated heterocycles. The molecule has 5 nitrogen and oxygen atoms in total. The number of alkyl halides is 3. The molecule has 1 aliphatic rings. The molecule has 0 fully saturated rings. The minimum atomic E-state index is -4.62. The van der Waals surface area contributed by atoms with E-state index in [1.54, 1.807) is 11.6 Å². The maximum absolute atomic E-state index is 12.3. The fourth-order valence-corrected chi connectivity index (χ4v) is 1.79. The van der Waals surface area contributed by atoms with Crippen LogP contribution < -0.4 is 11.1 Å². The number of hydrogen-bond donors (Lipinski definition) is 3. The second-order valence-electron chi connectivity index (χ2n) is 4.00. The van der Waals surface area contributed by atoms with Crippen LogP contribution in [0.5, 0.6) is 0 Å².